The lowest BCUT2D eigenvalue weighted by Crippen LogP contribution is -2.32. The second-order valence-corrected chi connectivity index (χ2v) is 5.43. The van der Waals surface area contributed by atoms with Gasteiger partial charge in [0.2, 0.25) is 0 Å². The molecule has 1 heterocycles. The van der Waals surface area contributed by atoms with Gasteiger partial charge in [0.1, 0.15) is 0 Å². The molecule has 1 aromatic heterocycles. The van der Waals surface area contributed by atoms with Crippen molar-refractivity contribution in [2.45, 2.75) is 52.1 Å². The molecule has 0 saturated heterocycles. The van der Waals surface area contributed by atoms with E-state index in [1.807, 2.05) is 4.57 Å². The van der Waals surface area contributed by atoms with Gasteiger partial charge in [0.15, 0.2) is 0 Å². The van der Waals surface area contributed by atoms with Crippen molar-refractivity contribution in [1.82, 2.24) is 9.88 Å². The lowest BCUT2D eigenvalue weighted by atomic mass is 9.94. The highest BCUT2D eigenvalue weighted by molar-refractivity contribution is 5.29. The number of nitrogens with zero attached hydrogens (tertiary/aromatic N) is 1. The third kappa shape index (κ3) is 3.49. The molecule has 1 aliphatic rings. The van der Waals surface area contributed by atoms with E-state index in [-0.39, 0.29) is 5.56 Å². The molecule has 0 aliphatic heterocycles. The van der Waals surface area contributed by atoms with Gasteiger partial charge in [0.25, 0.3) is 5.56 Å². The van der Waals surface area contributed by atoms with Crippen molar-refractivity contribution in [2.75, 3.05) is 20.3 Å². The van der Waals surface area contributed by atoms with Crippen LogP contribution in [0.5, 0.6) is 0 Å². The Morgan fingerprint density at radius 2 is 2.15 bits per heavy atom. The maximum absolute atomic E-state index is 12.6. The van der Waals surface area contributed by atoms with Gasteiger partial charge in [0, 0.05) is 38.1 Å². The quantitative estimate of drug-likeness (QED) is 0.774. The highest BCUT2D eigenvalue weighted by Gasteiger charge is 2.17. The van der Waals surface area contributed by atoms with Crippen LogP contribution in [0.4, 0.5) is 0 Å². The van der Waals surface area contributed by atoms with Crippen LogP contribution < -0.4 is 10.9 Å². The summed E-state index contributed by atoms with van der Waals surface area (Å²) in [7, 11) is 1.71. The fourth-order valence-electron chi connectivity index (χ4n) is 2.93. The van der Waals surface area contributed by atoms with Crippen molar-refractivity contribution in [3.8, 4) is 0 Å². The van der Waals surface area contributed by atoms with Crippen molar-refractivity contribution in [3.05, 3.63) is 33.2 Å². The summed E-state index contributed by atoms with van der Waals surface area (Å²) in [6.45, 7) is 5.11. The predicted octanol–water partition coefficient (Wildman–Crippen LogP) is 1.87. The highest BCUT2D eigenvalue weighted by atomic mass is 16.5. The zero-order valence-electron chi connectivity index (χ0n) is 12.7. The lowest BCUT2D eigenvalue weighted by molar-refractivity contribution is 0.189. The number of hydrogen-bond donors (Lipinski definition) is 1. The lowest BCUT2D eigenvalue weighted by Gasteiger charge is -2.22. The summed E-state index contributed by atoms with van der Waals surface area (Å²) >= 11 is 0. The van der Waals surface area contributed by atoms with E-state index in [9.17, 15) is 4.79 Å². The summed E-state index contributed by atoms with van der Waals surface area (Å²) in [5, 5.41) is 3.27. The second kappa shape index (κ2) is 7.60. The minimum Gasteiger partial charge on any atom is -0.385 e. The molecule has 4 nitrogen and oxygen atoms in total. The SMILES string of the molecule is CCNCc1cc2c(n(CCCOC)c1=O)CCCC2. The van der Waals surface area contributed by atoms with Crippen molar-refractivity contribution >= 4 is 0 Å². The first-order valence-corrected chi connectivity index (χ1v) is 7.72. The van der Waals surface area contributed by atoms with Crippen LogP contribution in [0.2, 0.25) is 0 Å². The van der Waals surface area contributed by atoms with Crippen LogP contribution in [0, 0.1) is 0 Å². The van der Waals surface area contributed by atoms with Crippen molar-refractivity contribution in [2.24, 2.45) is 0 Å². The highest BCUT2D eigenvalue weighted by Crippen LogP contribution is 2.21. The zero-order valence-corrected chi connectivity index (χ0v) is 12.7. The van der Waals surface area contributed by atoms with Gasteiger partial charge >= 0.3 is 0 Å². The fraction of sp³-hybridized carbons (Fsp3) is 0.688. The summed E-state index contributed by atoms with van der Waals surface area (Å²) in [5.41, 5.74) is 3.73. The molecular weight excluding hydrogens is 252 g/mol. The van der Waals surface area contributed by atoms with Gasteiger partial charge in [-0.3, -0.25) is 4.79 Å². The third-order valence-corrected chi connectivity index (χ3v) is 3.97. The Labute approximate surface area is 121 Å². The van der Waals surface area contributed by atoms with E-state index in [4.69, 9.17) is 4.74 Å². The molecule has 0 bridgehead atoms. The first-order valence-electron chi connectivity index (χ1n) is 7.72. The normalized spacial score (nSPS) is 14.3. The smallest absolute Gasteiger partial charge is 0.255 e. The van der Waals surface area contributed by atoms with Crippen molar-refractivity contribution < 1.29 is 4.74 Å². The summed E-state index contributed by atoms with van der Waals surface area (Å²) in [4.78, 5) is 12.6. The molecule has 0 amide bonds. The van der Waals surface area contributed by atoms with Crippen LogP contribution in [0.15, 0.2) is 10.9 Å². The number of nitrogens with one attached hydrogen (secondary N) is 1. The number of aromatic nitrogens is 1. The minimum atomic E-state index is 0.183. The average molecular weight is 278 g/mol. The Hall–Kier alpha value is -1.13. The Balaban J connectivity index is 2.31. The van der Waals surface area contributed by atoms with Gasteiger partial charge in [0.05, 0.1) is 0 Å². The molecule has 1 aliphatic carbocycles. The topological polar surface area (TPSA) is 43.3 Å². The fourth-order valence-corrected chi connectivity index (χ4v) is 2.93. The molecule has 0 aromatic carbocycles. The minimum absolute atomic E-state index is 0.183. The van der Waals surface area contributed by atoms with E-state index < -0.39 is 0 Å². The molecule has 0 saturated carbocycles. The van der Waals surface area contributed by atoms with E-state index in [1.165, 1.54) is 24.1 Å². The number of aryl methyl sites for hydroxylation is 1. The molecule has 2 rings (SSSR count). The number of methoxy groups -OCH3 is 1. The Kier molecular flexibility index (Phi) is 5.80. The summed E-state index contributed by atoms with van der Waals surface area (Å²) in [5.74, 6) is 0. The molecular formula is C16H26N2O2. The van der Waals surface area contributed by atoms with Crippen LogP contribution >= 0.6 is 0 Å². The molecule has 0 radical (unpaired) electrons. The van der Waals surface area contributed by atoms with Gasteiger partial charge in [-0.2, -0.15) is 0 Å². The van der Waals surface area contributed by atoms with Crippen LogP contribution in [0.1, 0.15) is 43.0 Å². The summed E-state index contributed by atoms with van der Waals surface area (Å²) < 4.78 is 7.12. The van der Waals surface area contributed by atoms with Gasteiger partial charge in [-0.25, -0.2) is 0 Å². The van der Waals surface area contributed by atoms with E-state index >= 15 is 0 Å². The van der Waals surface area contributed by atoms with E-state index in [0.717, 1.165) is 37.9 Å². The summed E-state index contributed by atoms with van der Waals surface area (Å²) in [6.07, 6.45) is 5.48. The zero-order chi connectivity index (χ0) is 14.4. The largest absolute Gasteiger partial charge is 0.385 e. The molecule has 4 heteroatoms. The average Bonchev–Trinajstić information content (AvgIpc) is 2.48. The summed E-state index contributed by atoms with van der Waals surface area (Å²) in [6, 6.07) is 2.13. The van der Waals surface area contributed by atoms with E-state index in [2.05, 4.69) is 18.3 Å². The van der Waals surface area contributed by atoms with E-state index in [1.54, 1.807) is 7.11 Å². The Bertz CT molecular complexity index is 494. The van der Waals surface area contributed by atoms with Crippen LogP contribution in [-0.4, -0.2) is 24.8 Å². The van der Waals surface area contributed by atoms with Crippen molar-refractivity contribution in [3.63, 3.8) is 0 Å². The van der Waals surface area contributed by atoms with Gasteiger partial charge in [-0.1, -0.05) is 6.92 Å². The van der Waals surface area contributed by atoms with E-state index in [0.29, 0.717) is 13.2 Å². The van der Waals surface area contributed by atoms with Gasteiger partial charge in [-0.05, 0) is 50.3 Å². The number of ether oxygens (including phenoxy) is 1. The molecule has 0 fully saturated rings. The van der Waals surface area contributed by atoms with Crippen LogP contribution in [0.3, 0.4) is 0 Å². The molecule has 112 valence electrons. The number of pyridine rings is 1. The molecule has 1 aromatic rings. The molecule has 1 N–H and O–H groups in total. The Morgan fingerprint density at radius 1 is 1.35 bits per heavy atom. The van der Waals surface area contributed by atoms with Gasteiger partial charge in [-0.15, -0.1) is 0 Å². The number of rotatable bonds is 7. The third-order valence-electron chi connectivity index (χ3n) is 3.97. The standard InChI is InChI=1S/C16H26N2O2/c1-3-17-12-14-11-13-7-4-5-8-15(13)18(16(14)19)9-6-10-20-2/h11,17H,3-10,12H2,1-2H3. The van der Waals surface area contributed by atoms with Gasteiger partial charge < -0.3 is 14.6 Å². The van der Waals surface area contributed by atoms with Crippen molar-refractivity contribution in [1.29, 1.82) is 0 Å². The second-order valence-electron chi connectivity index (χ2n) is 5.43. The Morgan fingerprint density at radius 3 is 2.90 bits per heavy atom. The molecule has 0 atom stereocenters. The first kappa shape index (κ1) is 15.3. The predicted molar refractivity (Wildman–Crippen MR) is 81.2 cm³/mol. The monoisotopic (exact) mass is 278 g/mol. The maximum Gasteiger partial charge on any atom is 0.255 e. The maximum atomic E-state index is 12.6. The van der Waals surface area contributed by atoms with Crippen LogP contribution in [-0.2, 0) is 30.7 Å². The molecule has 20 heavy (non-hydrogen) atoms. The molecule has 0 unspecified atom stereocenters. The molecule has 0 spiro atoms. The number of hydrogen-bond acceptors (Lipinski definition) is 3. The first-order chi connectivity index (χ1) is 9.77. The number of fused-ring (bicyclic) bond motifs is 1. The van der Waals surface area contributed by atoms with Crippen LogP contribution in [0.25, 0.3) is 0 Å².